The smallest absolute Gasteiger partial charge is 0.306 e. The lowest BCUT2D eigenvalue weighted by atomic mass is 10.1. The fraction of sp³-hybridized carbons (Fsp3) is 0.825. The fourth-order valence-corrected chi connectivity index (χ4v) is 5.88. The molecule has 0 radical (unpaired) electrons. The van der Waals surface area contributed by atoms with Gasteiger partial charge in [0.25, 0.3) is 7.82 Å². The van der Waals surface area contributed by atoms with Crippen molar-refractivity contribution in [1.29, 1.82) is 0 Å². The second-order valence-corrected chi connectivity index (χ2v) is 15.7. The van der Waals surface area contributed by atoms with Gasteiger partial charge in [0.15, 0.2) is 0 Å². The first-order valence-corrected chi connectivity index (χ1v) is 21.2. The summed E-state index contributed by atoms with van der Waals surface area (Å²) in [6.45, 7) is 5.27. The number of carbonyl (C=O) groups excluding carboxylic acids is 1. The molecule has 0 aliphatic rings. The number of hydrogen-bond acceptors (Lipinski definition) is 7. The van der Waals surface area contributed by atoms with Crippen molar-refractivity contribution in [2.75, 3.05) is 54.1 Å². The van der Waals surface area contributed by atoms with Crippen LogP contribution in [0.15, 0.2) is 36.5 Å². The summed E-state index contributed by atoms with van der Waals surface area (Å²) in [4.78, 5) is 24.9. The van der Waals surface area contributed by atoms with Gasteiger partial charge in [-0.2, -0.15) is 0 Å². The van der Waals surface area contributed by atoms with Gasteiger partial charge in [-0.05, 0) is 44.9 Å². The van der Waals surface area contributed by atoms with Gasteiger partial charge >= 0.3 is 5.97 Å². The van der Waals surface area contributed by atoms with Crippen molar-refractivity contribution in [3.63, 3.8) is 0 Å². The molecule has 0 fully saturated rings. The molecule has 0 saturated carbocycles. The van der Waals surface area contributed by atoms with E-state index in [9.17, 15) is 14.3 Å². The summed E-state index contributed by atoms with van der Waals surface area (Å²) in [5.74, 6) is -0.351. The van der Waals surface area contributed by atoms with Crippen molar-refractivity contribution in [3.8, 4) is 0 Å². The Hall–Kier alpha value is -1.28. The van der Waals surface area contributed by atoms with Gasteiger partial charge in [0.05, 0.1) is 34.4 Å². The highest BCUT2D eigenvalue weighted by Crippen LogP contribution is 2.38. The van der Waals surface area contributed by atoms with Gasteiger partial charge in [0, 0.05) is 13.0 Å². The van der Waals surface area contributed by atoms with E-state index in [1.54, 1.807) is 0 Å². The van der Waals surface area contributed by atoms with Crippen molar-refractivity contribution >= 4 is 13.8 Å². The third kappa shape index (κ3) is 37.8. The molecule has 0 spiro atoms. The number of nitrogens with zero attached hydrogens (tertiary/aromatic N) is 1. The number of unbranched alkanes of at least 4 members (excludes halogenated alkanes) is 16. The molecule has 49 heavy (non-hydrogen) atoms. The van der Waals surface area contributed by atoms with Gasteiger partial charge in [-0.3, -0.25) is 9.36 Å². The predicted molar refractivity (Wildman–Crippen MR) is 203 cm³/mol. The molecule has 0 aromatic rings. The molecule has 0 bridgehead atoms. The van der Waals surface area contributed by atoms with Crippen LogP contribution < -0.4 is 4.89 Å². The standard InChI is InChI=1S/C40H76NO7P/c1-6-8-10-12-14-16-18-20-21-22-23-25-27-29-31-33-40(42)48-39(38-47-49(43,44)46-36-34-41(3,4)5)37-45-35-32-30-28-26-24-19-17-15-13-11-9-7-2/h8,10,14,16,20-21,39H,6-7,9,11-13,15,17-19,22-38H2,1-5H3/b10-8-,16-14-,21-20-/t39-/m1/s1. The maximum absolute atomic E-state index is 12.6. The molecule has 0 rings (SSSR count). The molecule has 0 amide bonds. The van der Waals surface area contributed by atoms with Gasteiger partial charge in [-0.15, -0.1) is 0 Å². The molecule has 9 heteroatoms. The molecule has 8 nitrogen and oxygen atoms in total. The number of esters is 1. The minimum Gasteiger partial charge on any atom is -0.756 e. The average molecular weight is 714 g/mol. The molecular weight excluding hydrogens is 637 g/mol. The second-order valence-electron chi connectivity index (χ2n) is 14.3. The van der Waals surface area contributed by atoms with Gasteiger partial charge in [0.2, 0.25) is 0 Å². The van der Waals surface area contributed by atoms with Crippen LogP contribution in [0.25, 0.3) is 0 Å². The van der Waals surface area contributed by atoms with Crippen LogP contribution in [-0.2, 0) is 27.9 Å². The van der Waals surface area contributed by atoms with E-state index >= 15 is 0 Å². The molecule has 2 atom stereocenters. The highest BCUT2D eigenvalue weighted by atomic mass is 31.2. The zero-order chi connectivity index (χ0) is 36.3. The monoisotopic (exact) mass is 714 g/mol. The topological polar surface area (TPSA) is 94.1 Å². The third-order valence-corrected chi connectivity index (χ3v) is 9.17. The molecule has 1 unspecified atom stereocenters. The molecule has 0 saturated heterocycles. The maximum atomic E-state index is 12.6. The summed E-state index contributed by atoms with van der Waals surface area (Å²) in [5.41, 5.74) is 0. The highest BCUT2D eigenvalue weighted by molar-refractivity contribution is 7.45. The maximum Gasteiger partial charge on any atom is 0.306 e. The first-order valence-electron chi connectivity index (χ1n) is 19.7. The lowest BCUT2D eigenvalue weighted by Crippen LogP contribution is -2.37. The summed E-state index contributed by atoms with van der Waals surface area (Å²) in [6, 6.07) is 0. The van der Waals surface area contributed by atoms with Gasteiger partial charge in [-0.25, -0.2) is 0 Å². The molecule has 0 aromatic heterocycles. The van der Waals surface area contributed by atoms with Crippen LogP contribution in [0.3, 0.4) is 0 Å². The fourth-order valence-electron chi connectivity index (χ4n) is 5.15. The van der Waals surface area contributed by atoms with Crippen LogP contribution in [-0.4, -0.2) is 70.7 Å². The molecular formula is C40H76NO7P. The summed E-state index contributed by atoms with van der Waals surface area (Å²) in [7, 11) is 1.34. The van der Waals surface area contributed by atoms with Crippen LogP contribution >= 0.6 is 7.82 Å². The Kier molecular flexibility index (Phi) is 33.0. The first-order chi connectivity index (χ1) is 23.6. The van der Waals surface area contributed by atoms with E-state index in [0.29, 0.717) is 24.1 Å². The lowest BCUT2D eigenvalue weighted by molar-refractivity contribution is -0.870. The Morgan fingerprint density at radius 1 is 0.653 bits per heavy atom. The highest BCUT2D eigenvalue weighted by Gasteiger charge is 2.20. The van der Waals surface area contributed by atoms with E-state index in [-0.39, 0.29) is 25.8 Å². The number of ether oxygens (including phenoxy) is 2. The molecule has 0 aliphatic carbocycles. The van der Waals surface area contributed by atoms with E-state index in [1.165, 1.54) is 64.2 Å². The van der Waals surface area contributed by atoms with Crippen LogP contribution in [0.4, 0.5) is 0 Å². The van der Waals surface area contributed by atoms with Crippen LogP contribution in [0, 0.1) is 0 Å². The number of carbonyl (C=O) groups is 1. The Balaban J connectivity index is 4.32. The van der Waals surface area contributed by atoms with Gasteiger partial charge in [0.1, 0.15) is 19.3 Å². The number of hydrogen-bond donors (Lipinski definition) is 0. The zero-order valence-electron chi connectivity index (χ0n) is 32.4. The van der Waals surface area contributed by atoms with Crippen molar-refractivity contribution in [2.45, 2.75) is 161 Å². The van der Waals surface area contributed by atoms with Gasteiger partial charge < -0.3 is 27.9 Å². The van der Waals surface area contributed by atoms with Crippen LogP contribution in [0.1, 0.15) is 155 Å². The van der Waals surface area contributed by atoms with Crippen molar-refractivity contribution in [1.82, 2.24) is 0 Å². The number of phosphoric ester groups is 1. The van der Waals surface area contributed by atoms with Crippen LogP contribution in [0.5, 0.6) is 0 Å². The van der Waals surface area contributed by atoms with E-state index in [2.05, 4.69) is 50.3 Å². The third-order valence-electron chi connectivity index (χ3n) is 8.21. The minimum absolute atomic E-state index is 0.0228. The summed E-state index contributed by atoms with van der Waals surface area (Å²) >= 11 is 0. The summed E-state index contributed by atoms with van der Waals surface area (Å²) < 4.78 is 34.4. The number of rotatable bonds is 36. The molecule has 0 N–H and O–H groups in total. The Bertz CT molecular complexity index is 884. The number of quaternary nitrogens is 1. The van der Waals surface area contributed by atoms with Crippen molar-refractivity contribution in [3.05, 3.63) is 36.5 Å². The number of phosphoric acid groups is 1. The van der Waals surface area contributed by atoms with Crippen molar-refractivity contribution < 1.29 is 37.3 Å². The lowest BCUT2D eigenvalue weighted by Gasteiger charge is -2.28. The van der Waals surface area contributed by atoms with Crippen LogP contribution in [0.2, 0.25) is 0 Å². The largest absolute Gasteiger partial charge is 0.756 e. The van der Waals surface area contributed by atoms with E-state index in [1.807, 2.05) is 21.1 Å². The molecule has 288 valence electrons. The van der Waals surface area contributed by atoms with Gasteiger partial charge in [-0.1, -0.05) is 140 Å². The normalized spacial score (nSPS) is 14.3. The average Bonchev–Trinajstić information content (AvgIpc) is 3.04. The summed E-state index contributed by atoms with van der Waals surface area (Å²) in [6.07, 6.45) is 37.2. The number of likely N-dealkylation sites (N-methyl/N-ethyl adjacent to an activating group) is 1. The Morgan fingerprint density at radius 2 is 1.18 bits per heavy atom. The number of allylic oxidation sites excluding steroid dienone is 6. The van der Waals surface area contributed by atoms with E-state index in [0.717, 1.165) is 70.6 Å². The zero-order valence-corrected chi connectivity index (χ0v) is 33.3. The van der Waals surface area contributed by atoms with E-state index in [4.69, 9.17) is 18.5 Å². The Labute approximate surface area is 302 Å². The van der Waals surface area contributed by atoms with Crippen molar-refractivity contribution in [2.24, 2.45) is 0 Å². The minimum atomic E-state index is -4.52. The molecule has 0 aromatic carbocycles. The predicted octanol–water partition coefficient (Wildman–Crippen LogP) is 10.4. The summed E-state index contributed by atoms with van der Waals surface area (Å²) in [5, 5.41) is 0. The molecule has 0 aliphatic heterocycles. The Morgan fingerprint density at radius 3 is 1.78 bits per heavy atom. The first kappa shape index (κ1) is 47.7. The SMILES string of the molecule is CC/C=C\C/C=C\C/C=C\CCCCCCCC(=O)O[C@H](COCCCCCCCCCCCCCC)COP(=O)([O-])OCC[N+](C)(C)C. The quantitative estimate of drug-likeness (QED) is 0.0210. The van der Waals surface area contributed by atoms with E-state index < -0.39 is 13.9 Å². The molecule has 0 heterocycles. The second kappa shape index (κ2) is 33.8.